The first kappa shape index (κ1) is 13.3. The van der Waals surface area contributed by atoms with E-state index in [1.165, 1.54) is 0 Å². The van der Waals surface area contributed by atoms with Crippen LogP contribution >= 0.6 is 0 Å². The number of hydrogen-bond acceptors (Lipinski definition) is 3. The lowest BCUT2D eigenvalue weighted by Gasteiger charge is -2.33. The summed E-state index contributed by atoms with van der Waals surface area (Å²) in [5, 5.41) is 3.19. The van der Waals surface area contributed by atoms with Gasteiger partial charge in [0.05, 0.1) is 5.92 Å². The molecule has 0 radical (unpaired) electrons. The van der Waals surface area contributed by atoms with Gasteiger partial charge in [-0.2, -0.15) is 0 Å². The maximum Gasteiger partial charge on any atom is 0.227 e. The van der Waals surface area contributed by atoms with Gasteiger partial charge in [-0.1, -0.05) is 0 Å². The van der Waals surface area contributed by atoms with E-state index in [9.17, 15) is 9.59 Å². The normalized spacial score (nSPS) is 25.9. The highest BCUT2D eigenvalue weighted by Gasteiger charge is 2.35. The Kier molecular flexibility index (Phi) is 4.22. The molecule has 0 saturated carbocycles. The molecule has 2 heterocycles. The van der Waals surface area contributed by atoms with Crippen LogP contribution in [0.1, 0.15) is 19.3 Å². The van der Waals surface area contributed by atoms with Crippen LogP contribution in [0.2, 0.25) is 0 Å². The molecule has 2 amide bonds. The van der Waals surface area contributed by atoms with Crippen LogP contribution in [0, 0.1) is 11.8 Å². The molecule has 0 aromatic rings. The van der Waals surface area contributed by atoms with Crippen LogP contribution < -0.4 is 5.32 Å². The average Bonchev–Trinajstić information content (AvgIpc) is 2.70. The van der Waals surface area contributed by atoms with E-state index in [1.807, 2.05) is 11.9 Å². The molecule has 2 aliphatic heterocycles. The van der Waals surface area contributed by atoms with Gasteiger partial charge in [-0.15, -0.1) is 0 Å². The van der Waals surface area contributed by atoms with E-state index in [0.29, 0.717) is 18.9 Å². The van der Waals surface area contributed by atoms with E-state index in [2.05, 4.69) is 5.32 Å². The highest BCUT2D eigenvalue weighted by molar-refractivity contribution is 5.89. The fourth-order valence-corrected chi connectivity index (χ4v) is 2.93. The van der Waals surface area contributed by atoms with Crippen molar-refractivity contribution in [1.29, 1.82) is 0 Å². The van der Waals surface area contributed by atoms with E-state index >= 15 is 0 Å². The van der Waals surface area contributed by atoms with Gasteiger partial charge in [0.15, 0.2) is 0 Å². The van der Waals surface area contributed by atoms with Crippen molar-refractivity contribution in [3.05, 3.63) is 0 Å². The number of nitrogens with one attached hydrogen (secondary N) is 1. The first-order valence-electron chi connectivity index (χ1n) is 6.79. The molecular weight excluding hydrogens is 230 g/mol. The SMILES string of the molecule is CNCC1CCN(C(=O)C2CC(=O)N(C)C2)CC1. The molecule has 2 saturated heterocycles. The number of carbonyl (C=O) groups excluding carboxylic acids is 2. The van der Waals surface area contributed by atoms with Gasteiger partial charge in [0, 0.05) is 33.1 Å². The summed E-state index contributed by atoms with van der Waals surface area (Å²) in [6.07, 6.45) is 2.54. The number of nitrogens with zero attached hydrogens (tertiary/aromatic N) is 2. The van der Waals surface area contributed by atoms with E-state index in [4.69, 9.17) is 0 Å². The van der Waals surface area contributed by atoms with Crippen molar-refractivity contribution in [3.8, 4) is 0 Å². The molecule has 1 atom stereocenters. The zero-order valence-corrected chi connectivity index (χ0v) is 11.3. The Morgan fingerprint density at radius 1 is 1.39 bits per heavy atom. The van der Waals surface area contributed by atoms with E-state index in [-0.39, 0.29) is 17.7 Å². The van der Waals surface area contributed by atoms with Gasteiger partial charge >= 0.3 is 0 Å². The second kappa shape index (κ2) is 5.69. The van der Waals surface area contributed by atoms with Crippen molar-refractivity contribution in [3.63, 3.8) is 0 Å². The zero-order valence-electron chi connectivity index (χ0n) is 11.3. The molecule has 0 aromatic heterocycles. The molecule has 2 aliphatic rings. The molecule has 18 heavy (non-hydrogen) atoms. The number of hydrogen-bond donors (Lipinski definition) is 1. The topological polar surface area (TPSA) is 52.7 Å². The van der Waals surface area contributed by atoms with Crippen LogP contribution in [0.5, 0.6) is 0 Å². The molecule has 0 aromatic carbocycles. The smallest absolute Gasteiger partial charge is 0.227 e. The first-order valence-corrected chi connectivity index (χ1v) is 6.79. The maximum absolute atomic E-state index is 12.3. The standard InChI is InChI=1S/C13H23N3O2/c1-14-8-10-3-5-16(6-4-10)13(18)11-7-12(17)15(2)9-11/h10-11,14H,3-9H2,1-2H3. The minimum Gasteiger partial charge on any atom is -0.345 e. The van der Waals surface area contributed by atoms with Crippen LogP contribution in [-0.2, 0) is 9.59 Å². The van der Waals surface area contributed by atoms with Gasteiger partial charge < -0.3 is 15.1 Å². The molecule has 0 aliphatic carbocycles. The molecular formula is C13H23N3O2. The lowest BCUT2D eigenvalue weighted by Crippen LogP contribution is -2.43. The highest BCUT2D eigenvalue weighted by atomic mass is 16.2. The van der Waals surface area contributed by atoms with Gasteiger partial charge in [-0.25, -0.2) is 0 Å². The van der Waals surface area contributed by atoms with Crippen molar-refractivity contribution in [1.82, 2.24) is 15.1 Å². The van der Waals surface area contributed by atoms with E-state index in [1.54, 1.807) is 11.9 Å². The summed E-state index contributed by atoms with van der Waals surface area (Å²) in [7, 11) is 3.74. The van der Waals surface area contributed by atoms with E-state index in [0.717, 1.165) is 32.5 Å². The Morgan fingerprint density at radius 2 is 2.06 bits per heavy atom. The van der Waals surface area contributed by atoms with Gasteiger partial charge in [-0.3, -0.25) is 9.59 Å². The average molecular weight is 253 g/mol. The van der Waals surface area contributed by atoms with Gasteiger partial charge in [0.25, 0.3) is 0 Å². The summed E-state index contributed by atoms with van der Waals surface area (Å²) >= 11 is 0. The molecule has 1 N–H and O–H groups in total. The van der Waals surface area contributed by atoms with E-state index < -0.39 is 0 Å². The van der Waals surface area contributed by atoms with Crippen molar-refractivity contribution in [2.45, 2.75) is 19.3 Å². The molecule has 5 heteroatoms. The third-order valence-corrected chi connectivity index (χ3v) is 4.11. The fraction of sp³-hybridized carbons (Fsp3) is 0.846. The molecule has 1 unspecified atom stereocenters. The summed E-state index contributed by atoms with van der Waals surface area (Å²) in [6, 6.07) is 0. The summed E-state index contributed by atoms with van der Waals surface area (Å²) in [6.45, 7) is 3.32. The number of rotatable bonds is 3. The van der Waals surface area contributed by atoms with Crippen LogP contribution in [0.25, 0.3) is 0 Å². The van der Waals surface area contributed by atoms with Gasteiger partial charge in [-0.05, 0) is 32.4 Å². The molecule has 0 spiro atoms. The Balaban J connectivity index is 1.83. The third kappa shape index (κ3) is 2.83. The summed E-state index contributed by atoms with van der Waals surface area (Å²) < 4.78 is 0. The molecule has 2 rings (SSSR count). The highest BCUT2D eigenvalue weighted by Crippen LogP contribution is 2.22. The van der Waals surface area contributed by atoms with Crippen molar-refractivity contribution in [2.24, 2.45) is 11.8 Å². The number of carbonyl (C=O) groups is 2. The Hall–Kier alpha value is -1.10. The lowest BCUT2D eigenvalue weighted by atomic mass is 9.95. The second-order valence-corrected chi connectivity index (χ2v) is 5.50. The minimum atomic E-state index is -0.108. The maximum atomic E-state index is 12.3. The third-order valence-electron chi connectivity index (χ3n) is 4.11. The second-order valence-electron chi connectivity index (χ2n) is 5.50. The monoisotopic (exact) mass is 253 g/mol. The van der Waals surface area contributed by atoms with Gasteiger partial charge in [0.1, 0.15) is 0 Å². The van der Waals surface area contributed by atoms with Gasteiger partial charge in [0.2, 0.25) is 11.8 Å². The quantitative estimate of drug-likeness (QED) is 0.765. The number of likely N-dealkylation sites (tertiary alicyclic amines) is 2. The first-order chi connectivity index (χ1) is 8.61. The predicted octanol–water partition coefficient (Wildman–Crippen LogP) is -0.0773. The summed E-state index contributed by atoms with van der Waals surface area (Å²) in [5.41, 5.74) is 0. The van der Waals surface area contributed by atoms with Crippen molar-refractivity contribution >= 4 is 11.8 Å². The Bertz CT molecular complexity index is 324. The Morgan fingerprint density at radius 3 is 2.56 bits per heavy atom. The molecule has 5 nitrogen and oxygen atoms in total. The Labute approximate surface area is 108 Å². The lowest BCUT2D eigenvalue weighted by molar-refractivity contribution is -0.137. The summed E-state index contributed by atoms with van der Waals surface area (Å²) in [4.78, 5) is 27.4. The fourth-order valence-electron chi connectivity index (χ4n) is 2.93. The van der Waals surface area contributed by atoms with Crippen LogP contribution in [-0.4, -0.2) is 61.9 Å². The zero-order chi connectivity index (χ0) is 13.1. The molecule has 102 valence electrons. The molecule has 2 fully saturated rings. The molecule has 0 bridgehead atoms. The number of piperidine rings is 1. The predicted molar refractivity (Wildman–Crippen MR) is 69.0 cm³/mol. The van der Waals surface area contributed by atoms with Crippen molar-refractivity contribution < 1.29 is 9.59 Å². The van der Waals surface area contributed by atoms with Crippen LogP contribution in [0.3, 0.4) is 0 Å². The largest absolute Gasteiger partial charge is 0.345 e. The van der Waals surface area contributed by atoms with Crippen LogP contribution in [0.4, 0.5) is 0 Å². The number of amides is 2. The summed E-state index contributed by atoms with van der Waals surface area (Å²) in [5.74, 6) is 0.851. The van der Waals surface area contributed by atoms with Crippen molar-refractivity contribution in [2.75, 3.05) is 40.3 Å². The van der Waals surface area contributed by atoms with Crippen LogP contribution in [0.15, 0.2) is 0 Å². The minimum absolute atomic E-state index is 0.0958.